The van der Waals surface area contributed by atoms with E-state index in [2.05, 4.69) is 15.3 Å². The summed E-state index contributed by atoms with van der Waals surface area (Å²) in [6.45, 7) is 0.141. The van der Waals surface area contributed by atoms with Gasteiger partial charge in [-0.15, -0.1) is 0 Å². The second-order valence-electron chi connectivity index (χ2n) is 6.54. The molecule has 0 saturated heterocycles. The molecule has 0 aliphatic rings. The maximum atomic E-state index is 13.0. The summed E-state index contributed by atoms with van der Waals surface area (Å²) in [6, 6.07) is 10.1. The van der Waals surface area contributed by atoms with E-state index in [1.807, 2.05) is 0 Å². The number of carbonyl (C=O) groups excluding carboxylic acids is 1. The van der Waals surface area contributed by atoms with Gasteiger partial charge in [0.15, 0.2) is 0 Å². The number of fused-ring (bicyclic) bond motifs is 1. The smallest absolute Gasteiger partial charge is 0.417 e. The molecule has 0 fully saturated rings. The van der Waals surface area contributed by atoms with Crippen molar-refractivity contribution in [2.45, 2.75) is 12.7 Å². The fourth-order valence-corrected chi connectivity index (χ4v) is 3.14. The highest BCUT2D eigenvalue weighted by atomic mass is 35.5. The Morgan fingerprint density at radius 2 is 1.94 bits per heavy atom. The second-order valence-corrected chi connectivity index (χ2v) is 6.93. The van der Waals surface area contributed by atoms with E-state index in [0.29, 0.717) is 22.6 Å². The molecule has 0 saturated carbocycles. The molecule has 0 spiro atoms. The minimum Gasteiger partial charge on any atom is -0.839 e. The highest BCUT2D eigenvalue weighted by Crippen LogP contribution is 2.29. The Balaban J connectivity index is 1.68. The molecule has 7 nitrogen and oxygen atoms in total. The molecular formula is C20H13ClF3N5O2. The molecule has 4 aromatic heterocycles. The molecule has 0 atom stereocenters. The number of rotatable bonds is 4. The molecular weight excluding hydrogens is 435 g/mol. The number of pyridine rings is 3. The summed E-state index contributed by atoms with van der Waals surface area (Å²) in [5.41, 5.74) is -0.0102. The van der Waals surface area contributed by atoms with Crippen LogP contribution in [0.15, 0.2) is 61.1 Å². The first-order chi connectivity index (χ1) is 14.7. The van der Waals surface area contributed by atoms with Crippen LogP contribution in [0.1, 0.15) is 21.6 Å². The number of nitrogens with zero attached hydrogens (tertiary/aromatic N) is 4. The number of nitrogens with one attached hydrogen (secondary N) is 1. The van der Waals surface area contributed by atoms with Crippen LogP contribution >= 0.6 is 11.6 Å². The van der Waals surface area contributed by atoms with Crippen molar-refractivity contribution in [2.24, 2.45) is 0 Å². The van der Waals surface area contributed by atoms with Gasteiger partial charge in [-0.3, -0.25) is 4.79 Å². The van der Waals surface area contributed by atoms with Gasteiger partial charge < -0.3 is 10.4 Å². The van der Waals surface area contributed by atoms with Crippen LogP contribution in [-0.2, 0) is 12.7 Å². The molecule has 0 radical (unpaired) electrons. The van der Waals surface area contributed by atoms with Crippen molar-refractivity contribution in [3.63, 3.8) is 0 Å². The Morgan fingerprint density at radius 3 is 2.58 bits per heavy atom. The van der Waals surface area contributed by atoms with Gasteiger partial charge in [-0.25, -0.2) is 14.5 Å². The molecule has 4 aromatic rings. The predicted octanol–water partition coefficient (Wildman–Crippen LogP) is 3.06. The second kappa shape index (κ2) is 7.88. The van der Waals surface area contributed by atoms with Crippen LogP contribution in [0.4, 0.5) is 19.0 Å². The normalized spacial score (nSPS) is 11.6. The number of aromatic nitrogens is 4. The van der Waals surface area contributed by atoms with Crippen LogP contribution in [0.2, 0.25) is 5.15 Å². The molecule has 0 aromatic carbocycles. The van der Waals surface area contributed by atoms with Crippen LogP contribution in [-0.4, -0.2) is 20.3 Å². The number of halogens is 4. The fraction of sp³-hybridized carbons (Fsp3) is 0.100. The number of imidazole rings is 1. The Kier molecular flexibility index (Phi) is 5.24. The molecule has 4 rings (SSSR count). The van der Waals surface area contributed by atoms with E-state index in [-0.39, 0.29) is 18.1 Å². The van der Waals surface area contributed by atoms with Crippen LogP contribution in [0, 0.1) is 0 Å². The maximum Gasteiger partial charge on any atom is 0.417 e. The van der Waals surface area contributed by atoms with E-state index < -0.39 is 23.5 Å². The fourth-order valence-electron chi connectivity index (χ4n) is 3.03. The Labute approximate surface area is 178 Å². The quantitative estimate of drug-likeness (QED) is 0.385. The lowest BCUT2D eigenvalue weighted by Gasteiger charge is -2.09. The lowest BCUT2D eigenvalue weighted by atomic mass is 10.2. The zero-order chi connectivity index (χ0) is 22.2. The number of alkyl halides is 3. The van der Waals surface area contributed by atoms with Crippen LogP contribution in [0.5, 0.6) is 5.88 Å². The summed E-state index contributed by atoms with van der Waals surface area (Å²) in [6.07, 6.45) is -0.870. The third-order valence-electron chi connectivity index (χ3n) is 4.48. The van der Waals surface area contributed by atoms with E-state index in [9.17, 15) is 23.1 Å². The van der Waals surface area contributed by atoms with E-state index in [0.717, 1.165) is 12.1 Å². The van der Waals surface area contributed by atoms with Crippen molar-refractivity contribution in [3.8, 4) is 5.88 Å². The number of anilines is 1. The molecule has 0 aliphatic heterocycles. The highest BCUT2D eigenvalue weighted by Gasteiger charge is 2.31. The van der Waals surface area contributed by atoms with Crippen LogP contribution in [0.3, 0.4) is 0 Å². The minimum atomic E-state index is -4.54. The van der Waals surface area contributed by atoms with Crippen molar-refractivity contribution < 1.29 is 27.6 Å². The first kappa shape index (κ1) is 20.6. The molecule has 158 valence electrons. The SMILES string of the molecule is O=C(Nc1ccc(C(F)(F)F)cn1)c1c([O-])[n+](Cc2ccc(Cl)nc2)c2ccccn12. The molecule has 4 heterocycles. The van der Waals surface area contributed by atoms with E-state index in [1.165, 1.54) is 15.2 Å². The van der Waals surface area contributed by atoms with Gasteiger partial charge >= 0.3 is 6.18 Å². The summed E-state index contributed by atoms with van der Waals surface area (Å²) in [5.74, 6) is -1.49. The number of amides is 1. The monoisotopic (exact) mass is 447 g/mol. The molecule has 31 heavy (non-hydrogen) atoms. The molecule has 0 bridgehead atoms. The van der Waals surface area contributed by atoms with Gasteiger partial charge in [-0.05, 0) is 24.3 Å². The summed E-state index contributed by atoms with van der Waals surface area (Å²) < 4.78 is 40.9. The summed E-state index contributed by atoms with van der Waals surface area (Å²) in [7, 11) is 0. The van der Waals surface area contributed by atoms with Gasteiger partial charge in [-0.1, -0.05) is 23.7 Å². The predicted molar refractivity (Wildman–Crippen MR) is 103 cm³/mol. The van der Waals surface area contributed by atoms with Gasteiger partial charge in [0.05, 0.1) is 11.8 Å². The molecule has 1 amide bonds. The number of carbonyl (C=O) groups is 1. The van der Waals surface area contributed by atoms with E-state index >= 15 is 0 Å². The van der Waals surface area contributed by atoms with Crippen molar-refractivity contribution in [3.05, 3.63) is 83.0 Å². The highest BCUT2D eigenvalue weighted by molar-refractivity contribution is 6.29. The van der Waals surface area contributed by atoms with Crippen molar-refractivity contribution in [2.75, 3.05) is 5.32 Å². The standard InChI is InChI=1S/C20H13ClF3N5O2/c21-14-6-4-12(9-25-14)11-29-16-3-1-2-8-28(16)17(19(29)31)18(30)27-15-7-5-13(10-26-15)20(22,23)24/h1-10H,11H2,(H-,26,27,30,31). The van der Waals surface area contributed by atoms with E-state index in [4.69, 9.17) is 11.6 Å². The van der Waals surface area contributed by atoms with Crippen molar-refractivity contribution >= 4 is 29.0 Å². The third-order valence-corrected chi connectivity index (χ3v) is 4.70. The van der Waals surface area contributed by atoms with Gasteiger partial charge in [0.2, 0.25) is 5.69 Å². The summed E-state index contributed by atoms with van der Waals surface area (Å²) in [4.78, 5) is 20.4. The van der Waals surface area contributed by atoms with Gasteiger partial charge in [0.1, 0.15) is 23.4 Å². The zero-order valence-electron chi connectivity index (χ0n) is 15.6. The van der Waals surface area contributed by atoms with Crippen LogP contribution < -0.4 is 15.0 Å². The molecule has 1 N–H and O–H groups in total. The largest absolute Gasteiger partial charge is 0.839 e. The van der Waals surface area contributed by atoms with Crippen LogP contribution in [0.25, 0.3) is 5.65 Å². The van der Waals surface area contributed by atoms with Crippen molar-refractivity contribution in [1.82, 2.24) is 14.4 Å². The lowest BCUT2D eigenvalue weighted by Crippen LogP contribution is -2.37. The molecule has 0 unspecified atom stereocenters. The van der Waals surface area contributed by atoms with Gasteiger partial charge in [0.25, 0.3) is 11.6 Å². The number of hydrogen-bond donors (Lipinski definition) is 1. The maximum absolute atomic E-state index is 13.0. The topological polar surface area (TPSA) is 86.2 Å². The first-order valence-corrected chi connectivity index (χ1v) is 9.27. The number of hydrogen-bond acceptors (Lipinski definition) is 4. The Bertz CT molecular complexity index is 1260. The minimum absolute atomic E-state index is 0.114. The van der Waals surface area contributed by atoms with E-state index in [1.54, 1.807) is 36.5 Å². The summed E-state index contributed by atoms with van der Waals surface area (Å²) in [5, 5.41) is 15.7. The lowest BCUT2D eigenvalue weighted by molar-refractivity contribution is -0.704. The Hall–Kier alpha value is -3.66. The summed E-state index contributed by atoms with van der Waals surface area (Å²) >= 11 is 5.79. The first-order valence-electron chi connectivity index (χ1n) is 8.89. The van der Waals surface area contributed by atoms with Gasteiger partial charge in [-0.2, -0.15) is 17.6 Å². The van der Waals surface area contributed by atoms with Crippen molar-refractivity contribution in [1.29, 1.82) is 0 Å². The third kappa shape index (κ3) is 4.15. The Morgan fingerprint density at radius 1 is 1.13 bits per heavy atom. The molecule has 11 heteroatoms. The molecule has 0 aliphatic carbocycles. The average Bonchev–Trinajstić information content (AvgIpc) is 3.01. The zero-order valence-corrected chi connectivity index (χ0v) is 16.4. The average molecular weight is 448 g/mol. The van der Waals surface area contributed by atoms with Gasteiger partial charge in [0, 0.05) is 24.0 Å².